The van der Waals surface area contributed by atoms with Gasteiger partial charge in [0.15, 0.2) is 0 Å². The van der Waals surface area contributed by atoms with Crippen molar-refractivity contribution in [3.05, 3.63) is 96.0 Å². The Labute approximate surface area is 141 Å². The van der Waals surface area contributed by atoms with Gasteiger partial charge in [-0.2, -0.15) is 0 Å². The molecular weight excluding hydrogens is 300 g/mol. The molecule has 0 atom stereocenters. The molecule has 23 heavy (non-hydrogen) atoms. The third-order valence-corrected chi connectivity index (χ3v) is 4.48. The van der Waals surface area contributed by atoms with Crippen LogP contribution in [0.3, 0.4) is 0 Å². The van der Waals surface area contributed by atoms with Crippen LogP contribution in [0, 0.1) is 0 Å². The fraction of sp³-hybridized carbons (Fsp3) is 0. The molecule has 4 aromatic carbocycles. The Morgan fingerprint density at radius 2 is 1.26 bits per heavy atom. The van der Waals surface area contributed by atoms with Crippen molar-refractivity contribution in [2.75, 3.05) is 0 Å². The molecule has 0 radical (unpaired) electrons. The standard InChI is InChI=1S/C22H15Cl/c23-22-14-13-18(15-21(22)17-7-2-1-3-8-17)20-12-6-10-16-9-4-5-11-19(16)20/h1-15H. The minimum atomic E-state index is 0.778. The van der Waals surface area contributed by atoms with Crippen molar-refractivity contribution in [2.24, 2.45) is 0 Å². The first-order chi connectivity index (χ1) is 11.3. The Morgan fingerprint density at radius 1 is 0.522 bits per heavy atom. The number of benzene rings is 4. The molecule has 0 aliphatic rings. The molecule has 0 fully saturated rings. The van der Waals surface area contributed by atoms with Gasteiger partial charge in [-0.25, -0.2) is 0 Å². The molecule has 4 aromatic rings. The van der Waals surface area contributed by atoms with E-state index in [0.29, 0.717) is 0 Å². The van der Waals surface area contributed by atoms with Gasteiger partial charge in [0, 0.05) is 10.6 Å². The second-order valence-corrected chi connectivity index (χ2v) is 5.99. The van der Waals surface area contributed by atoms with Crippen LogP contribution in [-0.4, -0.2) is 0 Å². The van der Waals surface area contributed by atoms with E-state index < -0.39 is 0 Å². The van der Waals surface area contributed by atoms with Crippen LogP contribution in [0.4, 0.5) is 0 Å². The van der Waals surface area contributed by atoms with Crippen molar-refractivity contribution in [3.63, 3.8) is 0 Å². The summed E-state index contributed by atoms with van der Waals surface area (Å²) in [5.74, 6) is 0. The molecular formula is C22H15Cl. The molecule has 0 bridgehead atoms. The zero-order valence-electron chi connectivity index (χ0n) is 12.5. The molecule has 0 saturated carbocycles. The number of halogens is 1. The van der Waals surface area contributed by atoms with E-state index in [1.165, 1.54) is 21.9 Å². The van der Waals surface area contributed by atoms with Crippen LogP contribution in [0.25, 0.3) is 33.0 Å². The Balaban J connectivity index is 1.93. The van der Waals surface area contributed by atoms with Crippen LogP contribution in [0.5, 0.6) is 0 Å². The molecule has 110 valence electrons. The smallest absolute Gasteiger partial charge is 0.0484 e. The lowest BCUT2D eigenvalue weighted by Crippen LogP contribution is -1.85. The first-order valence-corrected chi connectivity index (χ1v) is 8.04. The highest BCUT2D eigenvalue weighted by atomic mass is 35.5. The highest BCUT2D eigenvalue weighted by molar-refractivity contribution is 6.33. The monoisotopic (exact) mass is 314 g/mol. The lowest BCUT2D eigenvalue weighted by Gasteiger charge is -2.11. The van der Waals surface area contributed by atoms with Gasteiger partial charge in [0.2, 0.25) is 0 Å². The molecule has 0 saturated heterocycles. The maximum absolute atomic E-state index is 6.44. The summed E-state index contributed by atoms with van der Waals surface area (Å²) in [4.78, 5) is 0. The van der Waals surface area contributed by atoms with Crippen LogP contribution in [0.2, 0.25) is 5.02 Å². The quantitative estimate of drug-likeness (QED) is 0.380. The minimum absolute atomic E-state index is 0.778. The molecule has 0 unspecified atom stereocenters. The van der Waals surface area contributed by atoms with Crippen molar-refractivity contribution in [3.8, 4) is 22.3 Å². The van der Waals surface area contributed by atoms with Crippen LogP contribution in [-0.2, 0) is 0 Å². The predicted molar refractivity (Wildman–Crippen MR) is 99.8 cm³/mol. The first-order valence-electron chi connectivity index (χ1n) is 7.66. The van der Waals surface area contributed by atoms with E-state index in [1.54, 1.807) is 0 Å². The lowest BCUT2D eigenvalue weighted by molar-refractivity contribution is 1.60. The summed E-state index contributed by atoms with van der Waals surface area (Å²) in [6, 6.07) is 31.4. The van der Waals surface area contributed by atoms with Gasteiger partial charge in [0.05, 0.1) is 0 Å². The van der Waals surface area contributed by atoms with E-state index in [2.05, 4.69) is 66.7 Å². The maximum Gasteiger partial charge on any atom is 0.0484 e. The molecule has 1 heteroatoms. The zero-order valence-corrected chi connectivity index (χ0v) is 13.3. The van der Waals surface area contributed by atoms with E-state index in [9.17, 15) is 0 Å². The summed E-state index contributed by atoms with van der Waals surface area (Å²) >= 11 is 6.44. The van der Waals surface area contributed by atoms with Gasteiger partial charge >= 0.3 is 0 Å². The van der Waals surface area contributed by atoms with Gasteiger partial charge in [-0.05, 0) is 39.6 Å². The summed E-state index contributed by atoms with van der Waals surface area (Å²) in [6.07, 6.45) is 0. The predicted octanol–water partition coefficient (Wildman–Crippen LogP) is 6.83. The lowest BCUT2D eigenvalue weighted by atomic mass is 9.95. The van der Waals surface area contributed by atoms with Gasteiger partial charge in [0.1, 0.15) is 0 Å². The van der Waals surface area contributed by atoms with Crippen molar-refractivity contribution in [1.82, 2.24) is 0 Å². The Morgan fingerprint density at radius 3 is 2.13 bits per heavy atom. The van der Waals surface area contributed by atoms with E-state index in [-0.39, 0.29) is 0 Å². The molecule has 0 aliphatic heterocycles. The van der Waals surface area contributed by atoms with E-state index in [1.807, 2.05) is 24.3 Å². The Kier molecular flexibility index (Phi) is 3.61. The normalized spacial score (nSPS) is 10.8. The second kappa shape index (κ2) is 5.91. The molecule has 0 spiro atoms. The summed E-state index contributed by atoms with van der Waals surface area (Å²) in [5.41, 5.74) is 4.62. The average molecular weight is 315 g/mol. The third-order valence-electron chi connectivity index (χ3n) is 4.15. The molecule has 0 N–H and O–H groups in total. The fourth-order valence-electron chi connectivity index (χ4n) is 3.01. The Hall–Kier alpha value is -2.57. The molecule has 0 amide bonds. The van der Waals surface area contributed by atoms with E-state index >= 15 is 0 Å². The highest BCUT2D eigenvalue weighted by Crippen LogP contribution is 2.35. The molecule has 0 nitrogen and oxygen atoms in total. The van der Waals surface area contributed by atoms with Gasteiger partial charge < -0.3 is 0 Å². The van der Waals surface area contributed by atoms with Crippen LogP contribution in [0.15, 0.2) is 91.0 Å². The summed E-state index contributed by atoms with van der Waals surface area (Å²) < 4.78 is 0. The van der Waals surface area contributed by atoms with Crippen molar-refractivity contribution >= 4 is 22.4 Å². The van der Waals surface area contributed by atoms with E-state index in [4.69, 9.17) is 11.6 Å². The first kappa shape index (κ1) is 14.0. The van der Waals surface area contributed by atoms with Gasteiger partial charge in [-0.1, -0.05) is 90.5 Å². The van der Waals surface area contributed by atoms with Crippen LogP contribution >= 0.6 is 11.6 Å². The van der Waals surface area contributed by atoms with Gasteiger partial charge in [0.25, 0.3) is 0 Å². The van der Waals surface area contributed by atoms with Crippen LogP contribution in [0.1, 0.15) is 0 Å². The van der Waals surface area contributed by atoms with Gasteiger partial charge in [-0.15, -0.1) is 0 Å². The summed E-state index contributed by atoms with van der Waals surface area (Å²) in [7, 11) is 0. The Bertz CT molecular complexity index is 966. The molecule has 4 rings (SSSR count). The van der Waals surface area contributed by atoms with Crippen LogP contribution < -0.4 is 0 Å². The van der Waals surface area contributed by atoms with Gasteiger partial charge in [-0.3, -0.25) is 0 Å². The van der Waals surface area contributed by atoms with Crippen molar-refractivity contribution in [1.29, 1.82) is 0 Å². The molecule has 0 aromatic heterocycles. The second-order valence-electron chi connectivity index (χ2n) is 5.59. The minimum Gasteiger partial charge on any atom is -0.0837 e. The highest BCUT2D eigenvalue weighted by Gasteiger charge is 2.08. The fourth-order valence-corrected chi connectivity index (χ4v) is 3.24. The molecule has 0 aliphatic carbocycles. The summed E-state index contributed by atoms with van der Waals surface area (Å²) in [6.45, 7) is 0. The molecule has 0 heterocycles. The number of rotatable bonds is 2. The van der Waals surface area contributed by atoms with Crippen molar-refractivity contribution in [2.45, 2.75) is 0 Å². The topological polar surface area (TPSA) is 0 Å². The number of hydrogen-bond acceptors (Lipinski definition) is 0. The third kappa shape index (κ3) is 2.62. The average Bonchev–Trinajstić information content (AvgIpc) is 2.62. The maximum atomic E-state index is 6.44. The zero-order chi connectivity index (χ0) is 15.6. The largest absolute Gasteiger partial charge is 0.0837 e. The number of fused-ring (bicyclic) bond motifs is 1. The van der Waals surface area contributed by atoms with Crippen molar-refractivity contribution < 1.29 is 0 Å². The van der Waals surface area contributed by atoms with E-state index in [0.717, 1.165) is 16.1 Å². The summed E-state index contributed by atoms with van der Waals surface area (Å²) in [5, 5.41) is 3.29. The number of hydrogen-bond donors (Lipinski definition) is 0. The SMILES string of the molecule is Clc1ccc(-c2cccc3ccccc23)cc1-c1ccccc1.